The topological polar surface area (TPSA) is 55.8 Å². The molecule has 1 saturated heterocycles. The van der Waals surface area contributed by atoms with E-state index in [0.717, 1.165) is 11.6 Å². The number of hydrogen-bond acceptors (Lipinski definition) is 3. The van der Waals surface area contributed by atoms with Crippen LogP contribution in [0, 0.1) is 0 Å². The van der Waals surface area contributed by atoms with E-state index >= 15 is 0 Å². The van der Waals surface area contributed by atoms with Gasteiger partial charge in [-0.2, -0.15) is 0 Å². The number of allylic oxidation sites excluding steroid dienone is 4. The molecule has 0 bridgehead atoms. The van der Waals surface area contributed by atoms with Gasteiger partial charge in [-0.25, -0.2) is 4.79 Å². The molecule has 0 radical (unpaired) electrons. The molecule has 1 aliphatic heterocycles. The molecule has 1 aliphatic rings. The Balaban J connectivity index is 2.77. The lowest BCUT2D eigenvalue weighted by atomic mass is 10.2. The van der Waals surface area contributed by atoms with E-state index < -0.39 is 5.97 Å². The summed E-state index contributed by atoms with van der Waals surface area (Å²) in [6.45, 7) is 5.59. The van der Waals surface area contributed by atoms with Crippen LogP contribution in [0.4, 0.5) is 0 Å². The van der Waals surface area contributed by atoms with Crippen LogP contribution in [0.5, 0.6) is 0 Å². The molecular weight excluding hydrogens is 196 g/mol. The van der Waals surface area contributed by atoms with Gasteiger partial charge in [0, 0.05) is 6.08 Å². The zero-order chi connectivity index (χ0) is 11.3. The van der Waals surface area contributed by atoms with Gasteiger partial charge < -0.3 is 14.6 Å². The number of carboxylic acid groups (broad SMARTS) is 1. The summed E-state index contributed by atoms with van der Waals surface area (Å²) >= 11 is 0. The Labute approximate surface area is 87.8 Å². The van der Waals surface area contributed by atoms with Gasteiger partial charge in [-0.3, -0.25) is 0 Å². The lowest BCUT2D eigenvalue weighted by Gasteiger charge is -1.96. The standard InChI is InChI=1S/C11H12O4/c1-3-9(4-5-11(12)13)6-10-8(2)14-7-15-10/h3-6H,2,7H2,1H3,(H,12,13)/b5-4+,9-3-,10-6+. The molecule has 1 fully saturated rings. The van der Waals surface area contributed by atoms with Crippen molar-refractivity contribution in [2.75, 3.05) is 6.79 Å². The molecule has 1 N–H and O–H groups in total. The monoisotopic (exact) mass is 208 g/mol. The highest BCUT2D eigenvalue weighted by molar-refractivity contribution is 5.80. The van der Waals surface area contributed by atoms with Crippen LogP contribution in [0.2, 0.25) is 0 Å². The number of carboxylic acids is 1. The first-order valence-corrected chi connectivity index (χ1v) is 4.37. The van der Waals surface area contributed by atoms with Crippen LogP contribution >= 0.6 is 0 Å². The molecular formula is C11H12O4. The first-order chi connectivity index (χ1) is 7.13. The van der Waals surface area contributed by atoms with Crippen molar-refractivity contribution >= 4 is 5.97 Å². The number of carbonyl (C=O) groups is 1. The minimum atomic E-state index is -0.991. The van der Waals surface area contributed by atoms with Gasteiger partial charge in [-0.05, 0) is 24.6 Å². The Morgan fingerprint density at radius 1 is 1.47 bits per heavy atom. The van der Waals surface area contributed by atoms with E-state index in [1.54, 1.807) is 19.1 Å². The quantitative estimate of drug-likeness (QED) is 0.569. The minimum absolute atomic E-state index is 0.157. The summed E-state index contributed by atoms with van der Waals surface area (Å²) in [5.74, 6) is -0.00798. The Morgan fingerprint density at radius 2 is 2.20 bits per heavy atom. The number of hydrogen-bond donors (Lipinski definition) is 1. The molecule has 0 atom stereocenters. The Hall–Kier alpha value is -1.97. The molecule has 0 aromatic heterocycles. The normalized spacial score (nSPS) is 19.4. The van der Waals surface area contributed by atoms with E-state index in [0.29, 0.717) is 11.5 Å². The molecule has 0 unspecified atom stereocenters. The van der Waals surface area contributed by atoms with Crippen molar-refractivity contribution in [2.24, 2.45) is 0 Å². The SMILES string of the molecule is C=C1OCO/C1=C/C(=C\C)/C=C/C(=O)O. The second-order valence-corrected chi connectivity index (χ2v) is 2.80. The van der Waals surface area contributed by atoms with Crippen molar-refractivity contribution in [3.05, 3.63) is 48.0 Å². The van der Waals surface area contributed by atoms with Gasteiger partial charge in [0.1, 0.15) is 0 Å². The number of rotatable bonds is 3. The molecule has 1 heterocycles. The molecule has 15 heavy (non-hydrogen) atoms. The van der Waals surface area contributed by atoms with E-state index in [1.807, 2.05) is 0 Å². The fraction of sp³-hybridized carbons (Fsp3) is 0.182. The van der Waals surface area contributed by atoms with Crippen LogP contribution in [0.3, 0.4) is 0 Å². The van der Waals surface area contributed by atoms with Crippen LogP contribution < -0.4 is 0 Å². The minimum Gasteiger partial charge on any atom is -0.478 e. The highest BCUT2D eigenvalue weighted by Crippen LogP contribution is 2.20. The zero-order valence-corrected chi connectivity index (χ0v) is 8.40. The molecule has 1 rings (SSSR count). The van der Waals surface area contributed by atoms with E-state index in [9.17, 15) is 4.79 Å². The van der Waals surface area contributed by atoms with Crippen LogP contribution in [-0.4, -0.2) is 17.9 Å². The first kappa shape index (κ1) is 11.1. The van der Waals surface area contributed by atoms with E-state index in [1.165, 1.54) is 6.08 Å². The molecule has 80 valence electrons. The summed E-state index contributed by atoms with van der Waals surface area (Å²) in [5, 5.41) is 8.46. The largest absolute Gasteiger partial charge is 0.478 e. The van der Waals surface area contributed by atoms with Crippen LogP contribution in [-0.2, 0) is 14.3 Å². The third-order valence-corrected chi connectivity index (χ3v) is 1.77. The summed E-state index contributed by atoms with van der Waals surface area (Å²) in [5.41, 5.74) is 0.721. The highest BCUT2D eigenvalue weighted by atomic mass is 16.7. The third kappa shape index (κ3) is 3.34. The molecule has 0 spiro atoms. The Bertz CT molecular complexity index is 361. The fourth-order valence-corrected chi connectivity index (χ4v) is 0.984. The molecule has 0 aromatic carbocycles. The number of ether oxygens (including phenoxy) is 2. The molecule has 4 nitrogen and oxygen atoms in total. The van der Waals surface area contributed by atoms with Gasteiger partial charge in [0.25, 0.3) is 0 Å². The second kappa shape index (κ2) is 5.05. The summed E-state index contributed by atoms with van der Waals surface area (Å²) in [6.07, 6.45) is 5.98. The maximum Gasteiger partial charge on any atom is 0.328 e. The average molecular weight is 208 g/mol. The third-order valence-electron chi connectivity index (χ3n) is 1.77. The summed E-state index contributed by atoms with van der Waals surface area (Å²) in [7, 11) is 0. The maximum absolute atomic E-state index is 10.3. The first-order valence-electron chi connectivity index (χ1n) is 4.37. The van der Waals surface area contributed by atoms with Crippen molar-refractivity contribution in [1.29, 1.82) is 0 Å². The number of aliphatic carboxylic acids is 1. The fourth-order valence-electron chi connectivity index (χ4n) is 0.984. The molecule has 0 aliphatic carbocycles. The molecule has 4 heteroatoms. The van der Waals surface area contributed by atoms with Crippen LogP contribution in [0.25, 0.3) is 0 Å². The van der Waals surface area contributed by atoms with Crippen molar-refractivity contribution in [3.8, 4) is 0 Å². The van der Waals surface area contributed by atoms with Crippen molar-refractivity contribution < 1.29 is 19.4 Å². The van der Waals surface area contributed by atoms with Gasteiger partial charge in [-0.15, -0.1) is 0 Å². The zero-order valence-electron chi connectivity index (χ0n) is 8.40. The summed E-state index contributed by atoms with van der Waals surface area (Å²) in [4.78, 5) is 10.3. The lowest BCUT2D eigenvalue weighted by Crippen LogP contribution is -1.87. The smallest absolute Gasteiger partial charge is 0.328 e. The van der Waals surface area contributed by atoms with Gasteiger partial charge in [0.15, 0.2) is 11.5 Å². The molecule has 0 saturated carbocycles. The second-order valence-electron chi connectivity index (χ2n) is 2.80. The molecule has 0 aromatic rings. The predicted molar refractivity (Wildman–Crippen MR) is 54.8 cm³/mol. The van der Waals surface area contributed by atoms with Crippen molar-refractivity contribution in [1.82, 2.24) is 0 Å². The Kier molecular flexibility index (Phi) is 3.74. The van der Waals surface area contributed by atoms with Gasteiger partial charge in [-0.1, -0.05) is 12.7 Å². The lowest BCUT2D eigenvalue weighted by molar-refractivity contribution is -0.131. The van der Waals surface area contributed by atoms with Crippen molar-refractivity contribution in [3.63, 3.8) is 0 Å². The van der Waals surface area contributed by atoms with E-state index in [-0.39, 0.29) is 6.79 Å². The van der Waals surface area contributed by atoms with Gasteiger partial charge >= 0.3 is 5.97 Å². The summed E-state index contributed by atoms with van der Waals surface area (Å²) in [6, 6.07) is 0. The Morgan fingerprint density at radius 3 is 2.67 bits per heavy atom. The predicted octanol–water partition coefficient (Wildman–Crippen LogP) is 1.98. The van der Waals surface area contributed by atoms with Crippen LogP contribution in [0.15, 0.2) is 48.0 Å². The average Bonchev–Trinajstić information content (AvgIpc) is 2.58. The van der Waals surface area contributed by atoms with Gasteiger partial charge in [0.2, 0.25) is 6.79 Å². The van der Waals surface area contributed by atoms with E-state index in [2.05, 4.69) is 6.58 Å². The molecule has 0 amide bonds. The maximum atomic E-state index is 10.3. The van der Waals surface area contributed by atoms with Crippen LogP contribution in [0.1, 0.15) is 6.92 Å². The highest BCUT2D eigenvalue weighted by Gasteiger charge is 2.13. The van der Waals surface area contributed by atoms with Gasteiger partial charge in [0.05, 0.1) is 0 Å². The summed E-state index contributed by atoms with van der Waals surface area (Å²) < 4.78 is 10.1. The van der Waals surface area contributed by atoms with E-state index in [4.69, 9.17) is 14.6 Å². The van der Waals surface area contributed by atoms with Crippen molar-refractivity contribution in [2.45, 2.75) is 6.92 Å².